The minimum absolute atomic E-state index is 0.316. The molecule has 0 atom stereocenters. The van der Waals surface area contributed by atoms with Crippen LogP contribution in [-0.2, 0) is 4.79 Å². The van der Waals surface area contributed by atoms with Gasteiger partial charge in [-0.3, -0.25) is 0 Å². The third-order valence-electron chi connectivity index (χ3n) is 2.36. The molecule has 0 bridgehead atoms. The Hall–Kier alpha value is -2.35. The molecule has 0 heterocycles. The molecule has 18 heavy (non-hydrogen) atoms. The number of hydrogen-bond acceptors (Lipinski definition) is 3. The third kappa shape index (κ3) is 3.91. The summed E-state index contributed by atoms with van der Waals surface area (Å²) in [6.07, 6.45) is 2.59. The zero-order valence-electron chi connectivity index (χ0n) is 9.93. The smallest absolute Gasteiger partial charge is 0.328 e. The van der Waals surface area contributed by atoms with E-state index in [4.69, 9.17) is 10.4 Å². The average Bonchev–Trinajstić information content (AvgIpc) is 2.33. The van der Waals surface area contributed by atoms with Crippen molar-refractivity contribution in [2.24, 2.45) is 0 Å². The quantitative estimate of drug-likeness (QED) is 0.812. The second-order valence-corrected chi connectivity index (χ2v) is 3.71. The van der Waals surface area contributed by atoms with E-state index in [1.165, 1.54) is 12.1 Å². The highest BCUT2D eigenvalue weighted by Crippen LogP contribution is 2.20. The first-order valence-electron chi connectivity index (χ1n) is 5.33. The first-order chi connectivity index (χ1) is 8.54. The maximum atomic E-state index is 13.7. The fourth-order valence-corrected chi connectivity index (χ4v) is 1.44. The van der Waals surface area contributed by atoms with Crippen molar-refractivity contribution in [2.45, 2.75) is 6.42 Å². The lowest BCUT2D eigenvalue weighted by Crippen LogP contribution is -2.19. The van der Waals surface area contributed by atoms with Gasteiger partial charge in [0.05, 0.1) is 18.2 Å². The molecule has 0 aliphatic heterocycles. The highest BCUT2D eigenvalue weighted by molar-refractivity contribution is 5.85. The summed E-state index contributed by atoms with van der Waals surface area (Å²) in [5.74, 6) is -1.52. The summed E-state index contributed by atoms with van der Waals surface area (Å²) in [5, 5.41) is 16.9. The van der Waals surface area contributed by atoms with Crippen LogP contribution in [0.1, 0.15) is 12.0 Å². The Morgan fingerprint density at radius 1 is 1.61 bits per heavy atom. The van der Waals surface area contributed by atoms with E-state index < -0.39 is 11.8 Å². The molecule has 1 N–H and O–H groups in total. The summed E-state index contributed by atoms with van der Waals surface area (Å²) in [6, 6.07) is 6.44. The van der Waals surface area contributed by atoms with E-state index in [0.717, 1.165) is 6.08 Å². The Labute approximate surface area is 105 Å². The van der Waals surface area contributed by atoms with Crippen molar-refractivity contribution >= 4 is 17.7 Å². The molecule has 0 aliphatic carbocycles. The van der Waals surface area contributed by atoms with Crippen LogP contribution in [0.5, 0.6) is 0 Å². The zero-order chi connectivity index (χ0) is 13.5. The van der Waals surface area contributed by atoms with Crippen LogP contribution < -0.4 is 4.90 Å². The standard InChI is InChI=1S/C13H13FN2O2/c1-16(8-2-7-15)12-5-3-10(9-11(12)14)4-6-13(17)18/h3-6,9H,2,8H2,1H3,(H,17,18)/b6-4+. The third-order valence-corrected chi connectivity index (χ3v) is 2.36. The summed E-state index contributed by atoms with van der Waals surface area (Å²) in [5.41, 5.74) is 0.866. The Morgan fingerprint density at radius 3 is 2.89 bits per heavy atom. The number of carboxylic acids is 1. The van der Waals surface area contributed by atoms with Crippen LogP contribution in [0.3, 0.4) is 0 Å². The molecule has 1 aromatic carbocycles. The molecule has 94 valence electrons. The van der Waals surface area contributed by atoms with E-state index >= 15 is 0 Å². The van der Waals surface area contributed by atoms with Crippen LogP contribution in [0.15, 0.2) is 24.3 Å². The molecule has 0 saturated carbocycles. The minimum atomic E-state index is -1.08. The first-order valence-corrected chi connectivity index (χ1v) is 5.33. The minimum Gasteiger partial charge on any atom is -0.478 e. The van der Waals surface area contributed by atoms with Gasteiger partial charge in [-0.05, 0) is 23.8 Å². The van der Waals surface area contributed by atoms with Gasteiger partial charge >= 0.3 is 5.97 Å². The Bertz CT molecular complexity index is 506. The van der Waals surface area contributed by atoms with Crippen molar-refractivity contribution in [1.82, 2.24) is 0 Å². The van der Waals surface area contributed by atoms with Gasteiger partial charge in [-0.2, -0.15) is 5.26 Å². The lowest BCUT2D eigenvalue weighted by molar-refractivity contribution is -0.131. The van der Waals surface area contributed by atoms with Gasteiger partial charge in [-0.15, -0.1) is 0 Å². The van der Waals surface area contributed by atoms with E-state index in [0.29, 0.717) is 24.2 Å². The first kappa shape index (κ1) is 13.7. The van der Waals surface area contributed by atoms with Gasteiger partial charge in [0.1, 0.15) is 5.82 Å². The summed E-state index contributed by atoms with van der Waals surface area (Å²) < 4.78 is 13.7. The summed E-state index contributed by atoms with van der Waals surface area (Å²) in [7, 11) is 1.70. The van der Waals surface area contributed by atoms with Crippen LogP contribution in [0.4, 0.5) is 10.1 Å². The molecule has 5 heteroatoms. The molecular weight excluding hydrogens is 235 g/mol. The molecule has 0 radical (unpaired) electrons. The highest BCUT2D eigenvalue weighted by Gasteiger charge is 2.07. The summed E-state index contributed by atoms with van der Waals surface area (Å²) in [4.78, 5) is 12.0. The Balaban J connectivity index is 2.86. The molecule has 0 saturated heterocycles. The zero-order valence-corrected chi connectivity index (χ0v) is 9.93. The van der Waals surface area contributed by atoms with Crippen molar-refractivity contribution in [3.63, 3.8) is 0 Å². The van der Waals surface area contributed by atoms with Crippen LogP contribution in [-0.4, -0.2) is 24.7 Å². The number of aliphatic carboxylic acids is 1. The predicted octanol–water partition coefficient (Wildman–Crippen LogP) is 2.27. The number of hydrogen-bond donors (Lipinski definition) is 1. The number of halogens is 1. The van der Waals surface area contributed by atoms with Crippen LogP contribution in [0.25, 0.3) is 6.08 Å². The van der Waals surface area contributed by atoms with E-state index in [-0.39, 0.29) is 0 Å². The van der Waals surface area contributed by atoms with Gasteiger partial charge in [-0.1, -0.05) is 6.07 Å². The van der Waals surface area contributed by atoms with E-state index in [1.54, 1.807) is 24.1 Å². The number of rotatable bonds is 5. The monoisotopic (exact) mass is 248 g/mol. The second-order valence-electron chi connectivity index (χ2n) is 3.71. The Morgan fingerprint density at radius 2 is 2.33 bits per heavy atom. The van der Waals surface area contributed by atoms with E-state index in [1.807, 2.05) is 6.07 Å². The van der Waals surface area contributed by atoms with Gasteiger partial charge in [0.25, 0.3) is 0 Å². The van der Waals surface area contributed by atoms with Gasteiger partial charge < -0.3 is 10.0 Å². The largest absolute Gasteiger partial charge is 0.478 e. The van der Waals surface area contributed by atoms with Gasteiger partial charge in [0, 0.05) is 19.7 Å². The maximum Gasteiger partial charge on any atom is 0.328 e. The second kappa shape index (κ2) is 6.40. The topological polar surface area (TPSA) is 64.3 Å². The number of nitriles is 1. The fourth-order valence-electron chi connectivity index (χ4n) is 1.44. The molecular formula is C13H13FN2O2. The summed E-state index contributed by atoms with van der Waals surface area (Å²) in [6.45, 7) is 0.442. The SMILES string of the molecule is CN(CCC#N)c1ccc(/C=C/C(=O)O)cc1F. The van der Waals surface area contributed by atoms with Crippen molar-refractivity contribution in [3.05, 3.63) is 35.7 Å². The van der Waals surface area contributed by atoms with Crippen molar-refractivity contribution < 1.29 is 14.3 Å². The lowest BCUT2D eigenvalue weighted by Gasteiger charge is -2.18. The molecule has 0 aliphatic rings. The van der Waals surface area contributed by atoms with Crippen LogP contribution >= 0.6 is 0 Å². The highest BCUT2D eigenvalue weighted by atomic mass is 19.1. The molecule has 1 rings (SSSR count). The predicted molar refractivity (Wildman–Crippen MR) is 66.6 cm³/mol. The number of nitrogens with zero attached hydrogens (tertiary/aromatic N) is 2. The number of anilines is 1. The van der Waals surface area contributed by atoms with Crippen molar-refractivity contribution in [1.29, 1.82) is 5.26 Å². The molecule has 0 unspecified atom stereocenters. The van der Waals surface area contributed by atoms with Gasteiger partial charge in [-0.25, -0.2) is 9.18 Å². The molecule has 0 fully saturated rings. The molecule has 0 spiro atoms. The van der Waals surface area contributed by atoms with Gasteiger partial charge in [0.15, 0.2) is 0 Å². The molecule has 4 nitrogen and oxygen atoms in total. The van der Waals surface area contributed by atoms with Crippen molar-refractivity contribution in [2.75, 3.05) is 18.5 Å². The normalized spacial score (nSPS) is 10.3. The van der Waals surface area contributed by atoms with Crippen molar-refractivity contribution in [3.8, 4) is 6.07 Å². The number of carbonyl (C=O) groups is 1. The fraction of sp³-hybridized carbons (Fsp3) is 0.231. The van der Waals surface area contributed by atoms with Gasteiger partial charge in [0.2, 0.25) is 0 Å². The number of benzene rings is 1. The van der Waals surface area contributed by atoms with E-state index in [2.05, 4.69) is 0 Å². The molecule has 1 aromatic rings. The van der Waals surface area contributed by atoms with E-state index in [9.17, 15) is 9.18 Å². The van der Waals surface area contributed by atoms with Crippen LogP contribution in [0, 0.1) is 17.1 Å². The summed E-state index contributed by atoms with van der Waals surface area (Å²) >= 11 is 0. The maximum absolute atomic E-state index is 13.7. The number of carboxylic acid groups (broad SMARTS) is 1. The lowest BCUT2D eigenvalue weighted by atomic mass is 10.1. The molecule has 0 aromatic heterocycles. The van der Waals surface area contributed by atoms with Crippen LogP contribution in [0.2, 0.25) is 0 Å². The Kier molecular flexibility index (Phi) is 4.88. The average molecular weight is 248 g/mol. The molecule has 0 amide bonds.